The van der Waals surface area contributed by atoms with Crippen LogP contribution in [0.1, 0.15) is 31.4 Å². The number of pyridine rings is 1. The fraction of sp³-hybridized carbons (Fsp3) is 0.111. The number of anilines is 1. The van der Waals surface area contributed by atoms with Gasteiger partial charge in [0.05, 0.1) is 15.7 Å². The quantitative estimate of drug-likeness (QED) is 0.200. The summed E-state index contributed by atoms with van der Waals surface area (Å²) >= 11 is 12.9. The van der Waals surface area contributed by atoms with Gasteiger partial charge in [0.1, 0.15) is 15.4 Å². The smallest absolute Gasteiger partial charge is 0.433 e. The molecule has 3 N–H and O–H groups in total. The molecule has 0 aliphatic rings. The topological polar surface area (TPSA) is 112 Å². The molecule has 3 heterocycles. The van der Waals surface area contributed by atoms with Crippen LogP contribution in [0.2, 0.25) is 10.0 Å². The van der Waals surface area contributed by atoms with Gasteiger partial charge in [-0.3, -0.25) is 9.59 Å². The average molecular weight is 620 g/mol. The molecular formula is C27H18Cl2F3N5O3S. The molecule has 41 heavy (non-hydrogen) atoms. The first kappa shape index (κ1) is 28.4. The normalized spacial score (nSPS) is 11.6. The zero-order chi connectivity index (χ0) is 29.5. The van der Waals surface area contributed by atoms with Crippen LogP contribution in [0, 0.1) is 6.92 Å². The lowest BCUT2D eigenvalue weighted by molar-refractivity contribution is -0.140. The van der Waals surface area contributed by atoms with Gasteiger partial charge in [-0.25, -0.2) is 9.67 Å². The Morgan fingerprint density at radius 3 is 2.41 bits per heavy atom. The van der Waals surface area contributed by atoms with E-state index in [1.165, 1.54) is 16.9 Å². The van der Waals surface area contributed by atoms with Crippen molar-refractivity contribution in [2.45, 2.75) is 19.8 Å². The Kier molecular flexibility index (Phi) is 7.64. The predicted octanol–water partition coefficient (Wildman–Crippen LogP) is 7.18. The molecule has 210 valence electrons. The molecule has 5 rings (SSSR count). The van der Waals surface area contributed by atoms with Crippen molar-refractivity contribution in [3.8, 4) is 16.9 Å². The Labute approximate surface area is 244 Å². The van der Waals surface area contributed by atoms with Crippen molar-refractivity contribution in [3.05, 3.63) is 92.7 Å². The van der Waals surface area contributed by atoms with E-state index in [0.717, 1.165) is 11.6 Å². The second-order valence-electron chi connectivity index (χ2n) is 8.79. The molecule has 0 radical (unpaired) electrons. The van der Waals surface area contributed by atoms with Crippen LogP contribution in [0.25, 0.3) is 21.3 Å². The number of hydrogen-bond acceptors (Lipinski definition) is 6. The second-order valence-corrected chi connectivity index (χ2v) is 10.6. The van der Waals surface area contributed by atoms with Crippen LogP contribution in [0.15, 0.2) is 60.8 Å². The van der Waals surface area contributed by atoms with Gasteiger partial charge in [-0.05, 0) is 42.3 Å². The summed E-state index contributed by atoms with van der Waals surface area (Å²) in [6.45, 7) is 1.70. The van der Waals surface area contributed by atoms with Gasteiger partial charge < -0.3 is 15.8 Å². The molecule has 0 aliphatic carbocycles. The Balaban J connectivity index is 1.52. The highest BCUT2D eigenvalue weighted by atomic mass is 35.5. The van der Waals surface area contributed by atoms with Gasteiger partial charge in [0.25, 0.3) is 11.8 Å². The van der Waals surface area contributed by atoms with Gasteiger partial charge in [-0.2, -0.15) is 18.3 Å². The number of ether oxygens (including phenoxy) is 1. The lowest BCUT2D eigenvalue weighted by Gasteiger charge is -2.12. The summed E-state index contributed by atoms with van der Waals surface area (Å²) in [7, 11) is 0. The van der Waals surface area contributed by atoms with E-state index < -0.39 is 23.7 Å². The molecule has 0 unspecified atom stereocenters. The highest BCUT2D eigenvalue weighted by Crippen LogP contribution is 2.44. The number of alkyl halides is 3. The first-order valence-electron chi connectivity index (χ1n) is 11.8. The van der Waals surface area contributed by atoms with Crippen LogP contribution >= 0.6 is 34.5 Å². The molecule has 14 heteroatoms. The summed E-state index contributed by atoms with van der Waals surface area (Å²) in [5, 5.41) is 7.50. The predicted molar refractivity (Wildman–Crippen MR) is 151 cm³/mol. The summed E-state index contributed by atoms with van der Waals surface area (Å²) in [6, 6.07) is 13.9. The molecule has 0 bridgehead atoms. The van der Waals surface area contributed by atoms with Crippen LogP contribution in [0.3, 0.4) is 0 Å². The largest absolute Gasteiger partial charge is 0.468 e. The minimum atomic E-state index is -4.75. The van der Waals surface area contributed by atoms with Crippen molar-refractivity contribution in [3.63, 3.8) is 0 Å². The van der Waals surface area contributed by atoms with Crippen LogP contribution in [0.5, 0.6) is 5.75 Å². The van der Waals surface area contributed by atoms with E-state index in [9.17, 15) is 22.8 Å². The second kappa shape index (κ2) is 11.0. The number of para-hydroxylation sites is 1. The molecule has 0 fully saturated rings. The number of nitrogens with zero attached hydrogens (tertiary/aromatic N) is 3. The van der Waals surface area contributed by atoms with Gasteiger partial charge in [-0.1, -0.05) is 59.1 Å². The minimum absolute atomic E-state index is 0.0621. The maximum Gasteiger partial charge on any atom is 0.433 e. The molecule has 0 saturated heterocycles. The van der Waals surface area contributed by atoms with Crippen molar-refractivity contribution in [1.82, 2.24) is 14.8 Å². The first-order chi connectivity index (χ1) is 19.4. The summed E-state index contributed by atoms with van der Waals surface area (Å²) in [4.78, 5) is 29.0. The fourth-order valence-electron chi connectivity index (χ4n) is 3.98. The van der Waals surface area contributed by atoms with Gasteiger partial charge in [-0.15, -0.1) is 11.3 Å². The third kappa shape index (κ3) is 5.85. The van der Waals surface area contributed by atoms with Crippen LogP contribution in [-0.2, 0) is 12.9 Å². The van der Waals surface area contributed by atoms with E-state index in [1.807, 2.05) is 6.92 Å². The highest BCUT2D eigenvalue weighted by molar-refractivity contribution is 7.21. The number of aromatic nitrogens is 3. The van der Waals surface area contributed by atoms with E-state index >= 15 is 0 Å². The summed E-state index contributed by atoms with van der Waals surface area (Å²) in [5.41, 5.74) is 5.73. The van der Waals surface area contributed by atoms with E-state index in [4.69, 9.17) is 33.7 Å². The number of benzene rings is 2. The van der Waals surface area contributed by atoms with Crippen molar-refractivity contribution < 1.29 is 27.5 Å². The number of rotatable bonds is 7. The summed E-state index contributed by atoms with van der Waals surface area (Å²) < 4.78 is 48.1. The van der Waals surface area contributed by atoms with Crippen LogP contribution in [-0.4, -0.2) is 26.6 Å². The number of thiophene rings is 1. The average Bonchev–Trinajstić information content (AvgIpc) is 3.53. The number of fused-ring (bicyclic) bond motifs is 1. The zero-order valence-electron chi connectivity index (χ0n) is 20.9. The molecule has 3 aromatic heterocycles. The van der Waals surface area contributed by atoms with Crippen molar-refractivity contribution in [2.24, 2.45) is 5.73 Å². The molecule has 0 aliphatic heterocycles. The lowest BCUT2D eigenvalue weighted by Crippen LogP contribution is -2.18. The highest BCUT2D eigenvalue weighted by Gasteiger charge is 2.35. The number of nitrogens with two attached hydrogens (primary N) is 1. The van der Waals surface area contributed by atoms with Gasteiger partial charge in [0.15, 0.2) is 18.2 Å². The number of amides is 2. The van der Waals surface area contributed by atoms with Crippen molar-refractivity contribution in [1.29, 1.82) is 0 Å². The maximum absolute atomic E-state index is 13.7. The number of primary amides is 1. The zero-order valence-corrected chi connectivity index (χ0v) is 23.3. The number of aryl methyl sites for hydroxylation is 1. The number of carbonyl (C=O) groups excluding carboxylic acids is 2. The van der Waals surface area contributed by atoms with E-state index in [0.29, 0.717) is 16.9 Å². The molecular weight excluding hydrogens is 602 g/mol. The Hall–Kier alpha value is -4.13. The SMILES string of the molecule is Cc1ccc(-c2cc(C(F)(F)F)nc3sc(C(N)=O)c(NC(=O)c4ccn(COc5c(Cl)cccc5Cl)n4)c23)cc1. The molecule has 2 aromatic carbocycles. The third-order valence-electron chi connectivity index (χ3n) is 5.91. The molecule has 0 spiro atoms. The number of nitrogens with one attached hydrogen (secondary N) is 1. The minimum Gasteiger partial charge on any atom is -0.468 e. The van der Waals surface area contributed by atoms with Crippen molar-refractivity contribution in [2.75, 3.05) is 5.32 Å². The Bertz CT molecular complexity index is 1780. The van der Waals surface area contributed by atoms with Gasteiger partial charge >= 0.3 is 6.18 Å². The fourth-order valence-corrected chi connectivity index (χ4v) is 5.49. The summed E-state index contributed by atoms with van der Waals surface area (Å²) in [5.74, 6) is -1.44. The Morgan fingerprint density at radius 1 is 1.10 bits per heavy atom. The monoisotopic (exact) mass is 619 g/mol. The Morgan fingerprint density at radius 2 is 1.78 bits per heavy atom. The van der Waals surface area contributed by atoms with E-state index in [1.54, 1.807) is 42.5 Å². The van der Waals surface area contributed by atoms with Gasteiger partial charge in [0.2, 0.25) is 0 Å². The lowest BCUT2D eigenvalue weighted by atomic mass is 10.00. The standard InChI is InChI=1S/C27H18Cl2F3N5O3S/c1-13-5-7-14(8-6-13)15-11-19(27(30,31)32)34-26-20(15)21(23(41-26)24(33)38)35-25(39)18-9-10-37(36-18)12-40-22-16(28)3-2-4-17(22)29/h2-11H,12H2,1H3,(H2,33,38)(H,35,39). The summed E-state index contributed by atoms with van der Waals surface area (Å²) in [6.07, 6.45) is -3.29. The molecule has 0 saturated carbocycles. The third-order valence-corrected chi connectivity index (χ3v) is 7.60. The molecule has 8 nitrogen and oxygen atoms in total. The molecule has 0 atom stereocenters. The van der Waals surface area contributed by atoms with Gasteiger partial charge in [0, 0.05) is 11.6 Å². The van der Waals surface area contributed by atoms with E-state index in [-0.39, 0.29) is 54.6 Å². The first-order valence-corrected chi connectivity index (χ1v) is 13.3. The molecule has 2 amide bonds. The van der Waals surface area contributed by atoms with Crippen LogP contribution in [0.4, 0.5) is 18.9 Å². The number of hydrogen-bond donors (Lipinski definition) is 2. The van der Waals surface area contributed by atoms with Crippen molar-refractivity contribution >= 4 is 62.3 Å². The van der Waals surface area contributed by atoms with E-state index in [2.05, 4.69) is 15.4 Å². The molecule has 5 aromatic rings. The number of halogens is 5. The maximum atomic E-state index is 13.7. The van der Waals surface area contributed by atoms with Crippen LogP contribution < -0.4 is 15.8 Å². The number of carbonyl (C=O) groups is 2.